The quantitative estimate of drug-likeness (QED) is 0.750. The van der Waals surface area contributed by atoms with Gasteiger partial charge in [0.1, 0.15) is 0 Å². The topological polar surface area (TPSA) is 3.24 Å². The molecule has 0 bridgehead atoms. The van der Waals surface area contributed by atoms with Crippen LogP contribution in [0.25, 0.3) is 0 Å². The number of anilines is 2. The molecule has 100 valence electrons. The van der Waals surface area contributed by atoms with Crippen LogP contribution in [0, 0.1) is 6.92 Å². The first-order valence-electron chi connectivity index (χ1n) is 7.09. The lowest BCUT2D eigenvalue weighted by Gasteiger charge is -2.32. The molecule has 1 heteroatoms. The molecular weight excluding hydrogens is 242 g/mol. The second kappa shape index (κ2) is 5.79. The zero-order valence-corrected chi connectivity index (χ0v) is 11.7. The van der Waals surface area contributed by atoms with Gasteiger partial charge in [-0.3, -0.25) is 0 Å². The third-order valence-electron chi connectivity index (χ3n) is 3.64. The fraction of sp³-hybridized carbons (Fsp3) is 0.158. The maximum Gasteiger partial charge on any atom is 0.0559 e. The van der Waals surface area contributed by atoms with Crippen molar-refractivity contribution in [1.82, 2.24) is 0 Å². The Labute approximate surface area is 120 Å². The monoisotopic (exact) mass is 261 g/mol. The van der Waals surface area contributed by atoms with Crippen LogP contribution >= 0.6 is 0 Å². The summed E-state index contributed by atoms with van der Waals surface area (Å²) in [5.74, 6) is 0. The van der Waals surface area contributed by atoms with E-state index in [1.54, 1.807) is 0 Å². The molecule has 0 saturated heterocycles. The lowest BCUT2D eigenvalue weighted by atomic mass is 10.0. The molecule has 1 aliphatic carbocycles. The van der Waals surface area contributed by atoms with Gasteiger partial charge >= 0.3 is 0 Å². The van der Waals surface area contributed by atoms with E-state index in [0.29, 0.717) is 6.04 Å². The first kappa shape index (κ1) is 12.7. The van der Waals surface area contributed by atoms with E-state index >= 15 is 0 Å². The largest absolute Gasteiger partial charge is 0.334 e. The molecule has 1 atom stereocenters. The molecule has 0 radical (unpaired) electrons. The Morgan fingerprint density at radius 2 is 1.55 bits per heavy atom. The van der Waals surface area contributed by atoms with Gasteiger partial charge in [-0.25, -0.2) is 0 Å². The van der Waals surface area contributed by atoms with E-state index < -0.39 is 0 Å². The Bertz CT molecular complexity index is 608. The fourth-order valence-electron chi connectivity index (χ4n) is 2.58. The van der Waals surface area contributed by atoms with Crippen molar-refractivity contribution in [3.8, 4) is 0 Å². The van der Waals surface area contributed by atoms with Crippen LogP contribution in [0.15, 0.2) is 78.9 Å². The average molecular weight is 261 g/mol. The van der Waals surface area contributed by atoms with E-state index in [1.807, 2.05) is 0 Å². The van der Waals surface area contributed by atoms with Crippen molar-refractivity contribution in [3.63, 3.8) is 0 Å². The number of rotatable bonds is 3. The lowest BCUT2D eigenvalue weighted by Crippen LogP contribution is -2.29. The predicted molar refractivity (Wildman–Crippen MR) is 86.4 cm³/mol. The lowest BCUT2D eigenvalue weighted by molar-refractivity contribution is 0.785. The van der Waals surface area contributed by atoms with Crippen molar-refractivity contribution in [2.24, 2.45) is 0 Å². The third-order valence-corrected chi connectivity index (χ3v) is 3.64. The first-order valence-corrected chi connectivity index (χ1v) is 7.09. The molecule has 2 aromatic carbocycles. The van der Waals surface area contributed by atoms with E-state index in [2.05, 4.69) is 90.7 Å². The van der Waals surface area contributed by atoms with Crippen LogP contribution < -0.4 is 4.90 Å². The third kappa shape index (κ3) is 2.67. The number of hydrogen-bond acceptors (Lipinski definition) is 1. The van der Waals surface area contributed by atoms with Gasteiger partial charge in [-0.2, -0.15) is 0 Å². The van der Waals surface area contributed by atoms with Crippen molar-refractivity contribution >= 4 is 11.4 Å². The minimum atomic E-state index is 0.380. The second-order valence-electron chi connectivity index (χ2n) is 5.16. The van der Waals surface area contributed by atoms with Gasteiger partial charge in [-0.05, 0) is 37.6 Å². The normalized spacial score (nSPS) is 17.1. The molecule has 3 rings (SSSR count). The molecule has 1 aliphatic rings. The highest BCUT2D eigenvalue weighted by Crippen LogP contribution is 2.30. The molecule has 20 heavy (non-hydrogen) atoms. The Kier molecular flexibility index (Phi) is 3.69. The number of allylic oxidation sites excluding steroid dienone is 2. The van der Waals surface area contributed by atoms with Crippen molar-refractivity contribution in [2.75, 3.05) is 4.90 Å². The number of nitrogens with zero attached hydrogens (tertiary/aromatic N) is 1. The highest BCUT2D eigenvalue weighted by Gasteiger charge is 2.18. The molecule has 0 saturated carbocycles. The van der Waals surface area contributed by atoms with Crippen molar-refractivity contribution < 1.29 is 0 Å². The summed E-state index contributed by atoms with van der Waals surface area (Å²) in [5, 5.41) is 0. The van der Waals surface area contributed by atoms with Gasteiger partial charge in [-0.15, -0.1) is 0 Å². The summed E-state index contributed by atoms with van der Waals surface area (Å²) in [4.78, 5) is 2.40. The van der Waals surface area contributed by atoms with Gasteiger partial charge < -0.3 is 4.90 Å². The van der Waals surface area contributed by atoms with Crippen LogP contribution in [0.5, 0.6) is 0 Å². The Hall–Kier alpha value is -2.28. The summed E-state index contributed by atoms with van der Waals surface area (Å²) in [5.41, 5.74) is 3.77. The number of para-hydroxylation sites is 1. The summed E-state index contributed by atoms with van der Waals surface area (Å²) >= 11 is 0. The van der Waals surface area contributed by atoms with Crippen LogP contribution in [0.3, 0.4) is 0 Å². The van der Waals surface area contributed by atoms with Crippen molar-refractivity contribution in [2.45, 2.75) is 19.4 Å². The highest BCUT2D eigenvalue weighted by atomic mass is 15.2. The molecule has 0 N–H and O–H groups in total. The number of aryl methyl sites for hydroxylation is 1. The van der Waals surface area contributed by atoms with Crippen molar-refractivity contribution in [1.29, 1.82) is 0 Å². The van der Waals surface area contributed by atoms with E-state index in [-0.39, 0.29) is 0 Å². The van der Waals surface area contributed by atoms with Crippen LogP contribution in [0.1, 0.15) is 12.0 Å². The molecule has 0 spiro atoms. The summed E-state index contributed by atoms with van der Waals surface area (Å²) in [6.07, 6.45) is 9.80. The molecule has 0 fully saturated rings. The van der Waals surface area contributed by atoms with Crippen LogP contribution in [0.4, 0.5) is 11.4 Å². The first-order chi connectivity index (χ1) is 9.84. The Morgan fingerprint density at radius 1 is 0.850 bits per heavy atom. The minimum Gasteiger partial charge on any atom is -0.334 e. The van der Waals surface area contributed by atoms with Gasteiger partial charge in [0.25, 0.3) is 0 Å². The smallest absolute Gasteiger partial charge is 0.0559 e. The summed E-state index contributed by atoms with van der Waals surface area (Å²) in [6, 6.07) is 19.7. The molecule has 0 heterocycles. The molecule has 0 aliphatic heterocycles. The van der Waals surface area contributed by atoms with Crippen LogP contribution in [-0.2, 0) is 0 Å². The molecular formula is C19H19N. The van der Waals surface area contributed by atoms with Gasteiger partial charge in [0, 0.05) is 11.4 Å². The predicted octanol–water partition coefficient (Wildman–Crippen LogP) is 5.02. The molecule has 1 nitrogen and oxygen atoms in total. The molecule has 0 amide bonds. The number of hydrogen-bond donors (Lipinski definition) is 0. The fourth-order valence-corrected chi connectivity index (χ4v) is 2.58. The van der Waals surface area contributed by atoms with Gasteiger partial charge in [0.05, 0.1) is 6.04 Å². The standard InChI is InChI=1S/C19H19N/c1-16-12-14-19(15-13-16)20(17-8-4-2-5-9-17)18-10-6-3-7-11-18/h2-10,12-15,18H,11H2,1H3. The highest BCUT2D eigenvalue weighted by molar-refractivity contribution is 5.65. The molecule has 0 aromatic heterocycles. The van der Waals surface area contributed by atoms with Gasteiger partial charge in [-0.1, -0.05) is 60.2 Å². The Morgan fingerprint density at radius 3 is 2.20 bits per heavy atom. The molecule has 1 unspecified atom stereocenters. The number of benzene rings is 2. The zero-order valence-electron chi connectivity index (χ0n) is 11.7. The second-order valence-corrected chi connectivity index (χ2v) is 5.16. The minimum absolute atomic E-state index is 0.380. The zero-order chi connectivity index (χ0) is 13.8. The van der Waals surface area contributed by atoms with Crippen molar-refractivity contribution in [3.05, 3.63) is 84.5 Å². The average Bonchev–Trinajstić information content (AvgIpc) is 2.52. The van der Waals surface area contributed by atoms with E-state index in [9.17, 15) is 0 Å². The maximum atomic E-state index is 2.40. The van der Waals surface area contributed by atoms with E-state index in [0.717, 1.165) is 6.42 Å². The SMILES string of the molecule is Cc1ccc(N(c2ccccc2)C2C=CC=CC2)cc1. The summed E-state index contributed by atoms with van der Waals surface area (Å²) in [6.45, 7) is 2.12. The van der Waals surface area contributed by atoms with Gasteiger partial charge in [0.2, 0.25) is 0 Å². The van der Waals surface area contributed by atoms with Crippen LogP contribution in [0.2, 0.25) is 0 Å². The van der Waals surface area contributed by atoms with E-state index in [4.69, 9.17) is 0 Å². The summed E-state index contributed by atoms with van der Waals surface area (Å²) in [7, 11) is 0. The van der Waals surface area contributed by atoms with Crippen LogP contribution in [-0.4, -0.2) is 6.04 Å². The molecule has 2 aromatic rings. The Balaban J connectivity index is 2.01. The van der Waals surface area contributed by atoms with Gasteiger partial charge in [0.15, 0.2) is 0 Å². The van der Waals surface area contributed by atoms with E-state index in [1.165, 1.54) is 16.9 Å². The summed E-state index contributed by atoms with van der Waals surface area (Å²) < 4.78 is 0. The maximum absolute atomic E-state index is 2.40.